The largest absolute Gasteiger partial charge is 0.455 e. The van der Waals surface area contributed by atoms with Crippen molar-refractivity contribution in [2.24, 2.45) is 0 Å². The number of carbonyl (C=O) groups excluding carboxylic acids is 2. The molecule has 0 bridgehead atoms. The minimum absolute atomic E-state index is 0.0482. The van der Waals surface area contributed by atoms with Crippen LogP contribution in [-0.2, 0) is 16.1 Å². The summed E-state index contributed by atoms with van der Waals surface area (Å²) >= 11 is 3.10. The summed E-state index contributed by atoms with van der Waals surface area (Å²) in [4.78, 5) is 34.8. The van der Waals surface area contributed by atoms with Gasteiger partial charge >= 0.3 is 11.6 Å². The normalized spacial score (nSPS) is 10.6. The number of amides is 1. The fourth-order valence-electron chi connectivity index (χ4n) is 2.27. The SMILES string of the molecule is CC(=O)Nc1ccc2c(COC(=O)c3ccc(Br)o3)cc(=O)oc2c1. The molecule has 1 amide bonds. The van der Waals surface area contributed by atoms with Crippen molar-refractivity contribution in [2.75, 3.05) is 5.32 Å². The summed E-state index contributed by atoms with van der Waals surface area (Å²) in [6, 6.07) is 9.18. The van der Waals surface area contributed by atoms with E-state index in [0.29, 0.717) is 21.3 Å². The third-order valence-electron chi connectivity index (χ3n) is 3.28. The van der Waals surface area contributed by atoms with Gasteiger partial charge in [-0.15, -0.1) is 0 Å². The number of halogens is 1. The van der Waals surface area contributed by atoms with E-state index in [1.165, 1.54) is 25.1 Å². The molecule has 0 saturated heterocycles. The third kappa shape index (κ3) is 3.97. The van der Waals surface area contributed by atoms with Crippen LogP contribution in [0.2, 0.25) is 0 Å². The van der Waals surface area contributed by atoms with E-state index in [-0.39, 0.29) is 23.9 Å². The Labute approximate surface area is 149 Å². The van der Waals surface area contributed by atoms with Gasteiger partial charge in [0.1, 0.15) is 12.2 Å². The van der Waals surface area contributed by atoms with E-state index in [2.05, 4.69) is 21.2 Å². The Morgan fingerprint density at radius 1 is 1.16 bits per heavy atom. The molecule has 0 aliphatic rings. The summed E-state index contributed by atoms with van der Waals surface area (Å²) in [6.07, 6.45) is 0. The Morgan fingerprint density at radius 2 is 1.96 bits per heavy atom. The maximum atomic E-state index is 11.9. The highest BCUT2D eigenvalue weighted by molar-refractivity contribution is 9.10. The van der Waals surface area contributed by atoms with Gasteiger partial charge in [0.25, 0.3) is 0 Å². The van der Waals surface area contributed by atoms with E-state index < -0.39 is 11.6 Å². The molecule has 8 heteroatoms. The van der Waals surface area contributed by atoms with Gasteiger partial charge in [0.05, 0.1) is 0 Å². The van der Waals surface area contributed by atoms with Gasteiger partial charge in [-0.1, -0.05) is 0 Å². The van der Waals surface area contributed by atoms with Gasteiger partial charge in [-0.05, 0) is 40.2 Å². The third-order valence-corrected chi connectivity index (χ3v) is 3.71. The number of benzene rings is 1. The number of hydrogen-bond donors (Lipinski definition) is 1. The topological polar surface area (TPSA) is 98.7 Å². The highest BCUT2D eigenvalue weighted by Crippen LogP contribution is 2.22. The molecule has 3 rings (SSSR count). The molecule has 25 heavy (non-hydrogen) atoms. The molecule has 0 aliphatic heterocycles. The van der Waals surface area contributed by atoms with Crippen LogP contribution in [0, 0.1) is 0 Å². The van der Waals surface area contributed by atoms with Crippen LogP contribution in [0.4, 0.5) is 5.69 Å². The summed E-state index contributed by atoms with van der Waals surface area (Å²) in [6.45, 7) is 1.25. The Kier molecular flexibility index (Phi) is 4.71. The van der Waals surface area contributed by atoms with Crippen molar-refractivity contribution >= 4 is 44.5 Å². The molecule has 0 atom stereocenters. The van der Waals surface area contributed by atoms with E-state index in [1.807, 2.05) is 0 Å². The van der Waals surface area contributed by atoms with Crippen LogP contribution in [0.5, 0.6) is 0 Å². The summed E-state index contributed by atoms with van der Waals surface area (Å²) in [5.74, 6) is -0.842. The number of rotatable bonds is 4. The second-order valence-electron chi connectivity index (χ2n) is 5.16. The predicted molar refractivity (Wildman–Crippen MR) is 92.3 cm³/mol. The number of hydrogen-bond acceptors (Lipinski definition) is 6. The quantitative estimate of drug-likeness (QED) is 0.526. The van der Waals surface area contributed by atoms with E-state index in [1.54, 1.807) is 18.2 Å². The smallest absolute Gasteiger partial charge is 0.374 e. The van der Waals surface area contributed by atoms with E-state index in [0.717, 1.165) is 0 Å². The van der Waals surface area contributed by atoms with Crippen LogP contribution in [0.3, 0.4) is 0 Å². The van der Waals surface area contributed by atoms with E-state index in [4.69, 9.17) is 13.6 Å². The molecule has 7 nitrogen and oxygen atoms in total. The summed E-state index contributed by atoms with van der Waals surface area (Å²) < 4.78 is 15.9. The second-order valence-corrected chi connectivity index (χ2v) is 5.94. The lowest BCUT2D eigenvalue weighted by Crippen LogP contribution is -2.08. The first-order chi connectivity index (χ1) is 11.9. The van der Waals surface area contributed by atoms with Crippen LogP contribution >= 0.6 is 15.9 Å². The van der Waals surface area contributed by atoms with Gasteiger partial charge in [-0.25, -0.2) is 9.59 Å². The lowest BCUT2D eigenvalue weighted by molar-refractivity contribution is -0.114. The van der Waals surface area contributed by atoms with Crippen LogP contribution in [0.25, 0.3) is 11.0 Å². The first-order valence-electron chi connectivity index (χ1n) is 7.19. The maximum Gasteiger partial charge on any atom is 0.374 e. The molecular weight excluding hydrogens is 394 g/mol. The molecule has 0 radical (unpaired) electrons. The van der Waals surface area contributed by atoms with Crippen molar-refractivity contribution in [1.29, 1.82) is 0 Å². The number of anilines is 1. The van der Waals surface area contributed by atoms with Crippen molar-refractivity contribution in [3.63, 3.8) is 0 Å². The van der Waals surface area contributed by atoms with Gasteiger partial charge in [-0.3, -0.25) is 4.79 Å². The zero-order chi connectivity index (χ0) is 18.0. The van der Waals surface area contributed by atoms with Crippen molar-refractivity contribution in [1.82, 2.24) is 0 Å². The monoisotopic (exact) mass is 405 g/mol. The van der Waals surface area contributed by atoms with Gasteiger partial charge in [0.2, 0.25) is 11.7 Å². The Bertz CT molecular complexity index is 1020. The number of nitrogens with one attached hydrogen (secondary N) is 1. The predicted octanol–water partition coefficient (Wildman–Crippen LogP) is 3.46. The molecule has 1 aromatic carbocycles. The molecular formula is C17H12BrNO6. The fourth-order valence-corrected chi connectivity index (χ4v) is 2.58. The molecule has 0 spiro atoms. The maximum absolute atomic E-state index is 11.9. The van der Waals surface area contributed by atoms with Crippen molar-refractivity contribution in [3.8, 4) is 0 Å². The molecule has 2 heterocycles. The molecule has 0 unspecified atom stereocenters. The molecule has 0 fully saturated rings. The number of furan rings is 1. The number of ether oxygens (including phenoxy) is 1. The molecule has 0 aliphatic carbocycles. The molecule has 3 aromatic rings. The summed E-state index contributed by atoms with van der Waals surface area (Å²) in [5, 5.41) is 3.21. The fraction of sp³-hybridized carbons (Fsp3) is 0.118. The number of esters is 1. The summed E-state index contributed by atoms with van der Waals surface area (Å²) in [5.41, 5.74) is 0.683. The Morgan fingerprint density at radius 3 is 2.64 bits per heavy atom. The summed E-state index contributed by atoms with van der Waals surface area (Å²) in [7, 11) is 0. The lowest BCUT2D eigenvalue weighted by atomic mass is 10.1. The van der Waals surface area contributed by atoms with Gasteiger partial charge in [0.15, 0.2) is 4.67 Å². The minimum atomic E-state index is -0.651. The lowest BCUT2D eigenvalue weighted by Gasteiger charge is -2.08. The highest BCUT2D eigenvalue weighted by atomic mass is 79.9. The zero-order valence-corrected chi connectivity index (χ0v) is 14.6. The molecule has 0 saturated carbocycles. The molecule has 1 N–H and O–H groups in total. The van der Waals surface area contributed by atoms with E-state index >= 15 is 0 Å². The number of carbonyl (C=O) groups is 2. The van der Waals surface area contributed by atoms with Crippen LogP contribution in [-0.4, -0.2) is 11.9 Å². The van der Waals surface area contributed by atoms with Gasteiger partial charge < -0.3 is 18.9 Å². The Balaban J connectivity index is 1.86. The van der Waals surface area contributed by atoms with Crippen LogP contribution in [0.1, 0.15) is 23.0 Å². The van der Waals surface area contributed by atoms with Crippen molar-refractivity contribution in [3.05, 3.63) is 62.8 Å². The van der Waals surface area contributed by atoms with E-state index in [9.17, 15) is 14.4 Å². The van der Waals surface area contributed by atoms with Gasteiger partial charge in [-0.2, -0.15) is 0 Å². The average molecular weight is 406 g/mol. The number of fused-ring (bicyclic) bond motifs is 1. The highest BCUT2D eigenvalue weighted by Gasteiger charge is 2.14. The second kappa shape index (κ2) is 6.94. The Hall–Kier alpha value is -2.87. The first kappa shape index (κ1) is 17.0. The first-order valence-corrected chi connectivity index (χ1v) is 7.98. The minimum Gasteiger partial charge on any atom is -0.455 e. The standard InChI is InChI=1S/C17H12BrNO6/c1-9(20)19-11-2-3-12-10(6-16(21)25-14(12)7-11)8-23-17(22)13-4-5-15(18)24-13/h2-7H,8H2,1H3,(H,19,20). The van der Waals surface area contributed by atoms with Crippen LogP contribution in [0.15, 0.2) is 54.7 Å². The van der Waals surface area contributed by atoms with Crippen molar-refractivity contribution in [2.45, 2.75) is 13.5 Å². The van der Waals surface area contributed by atoms with Crippen molar-refractivity contribution < 1.29 is 23.2 Å². The molecule has 2 aromatic heterocycles. The molecule has 128 valence electrons. The van der Waals surface area contributed by atoms with Gasteiger partial charge in [0, 0.05) is 35.7 Å². The van der Waals surface area contributed by atoms with Crippen LogP contribution < -0.4 is 10.9 Å². The average Bonchev–Trinajstić information content (AvgIpc) is 2.97. The zero-order valence-electron chi connectivity index (χ0n) is 13.0.